The summed E-state index contributed by atoms with van der Waals surface area (Å²) in [6.45, 7) is 0. The van der Waals surface area contributed by atoms with Crippen LogP contribution in [0.25, 0.3) is 60.1 Å². The molecule has 0 saturated carbocycles. The summed E-state index contributed by atoms with van der Waals surface area (Å²) in [6, 6.07) is 51.4. The Balaban J connectivity index is 1.39. The monoisotopic (exact) mass is 508 g/mol. The zero-order chi connectivity index (χ0) is 26.5. The maximum atomic E-state index is 2.42. The summed E-state index contributed by atoms with van der Waals surface area (Å²) in [4.78, 5) is 0. The van der Waals surface area contributed by atoms with Gasteiger partial charge < -0.3 is 0 Å². The highest BCUT2D eigenvalue weighted by Gasteiger charge is 2.18. The van der Waals surface area contributed by atoms with E-state index in [0.29, 0.717) is 0 Å². The van der Waals surface area contributed by atoms with Crippen molar-refractivity contribution in [2.24, 2.45) is 0 Å². The van der Waals surface area contributed by atoms with Crippen molar-refractivity contribution in [1.29, 1.82) is 0 Å². The lowest BCUT2D eigenvalue weighted by Gasteiger charge is -2.20. The number of fused-ring (bicyclic) bond motifs is 4. The Morgan fingerprint density at radius 3 is 1.70 bits per heavy atom. The van der Waals surface area contributed by atoms with Crippen LogP contribution in [-0.4, -0.2) is 0 Å². The summed E-state index contributed by atoms with van der Waals surface area (Å²) in [5.41, 5.74) is 10.6. The maximum absolute atomic E-state index is 2.42. The highest BCUT2D eigenvalue weighted by Crippen LogP contribution is 2.44. The molecule has 0 spiro atoms. The second-order valence-corrected chi connectivity index (χ2v) is 10.8. The molecule has 0 nitrogen and oxygen atoms in total. The molecule has 0 heteroatoms. The van der Waals surface area contributed by atoms with E-state index in [1.54, 1.807) is 0 Å². The van der Waals surface area contributed by atoms with E-state index in [4.69, 9.17) is 0 Å². The molecular formula is C40H28. The molecular weight excluding hydrogens is 480 g/mol. The molecule has 0 amide bonds. The van der Waals surface area contributed by atoms with E-state index < -0.39 is 0 Å². The topological polar surface area (TPSA) is 0 Å². The molecule has 0 N–H and O–H groups in total. The predicted octanol–water partition coefficient (Wildman–Crippen LogP) is 10.9. The minimum Gasteiger partial charge on any atom is -0.0757 e. The quantitative estimate of drug-likeness (QED) is 0.208. The molecule has 0 heterocycles. The Bertz CT molecular complexity index is 2050. The molecule has 40 heavy (non-hydrogen) atoms. The van der Waals surface area contributed by atoms with Crippen LogP contribution in [0.4, 0.5) is 0 Å². The number of allylic oxidation sites excluding steroid dienone is 1. The van der Waals surface area contributed by atoms with Crippen LogP contribution in [0.15, 0.2) is 146 Å². The first-order chi connectivity index (χ1) is 19.8. The van der Waals surface area contributed by atoms with Crippen molar-refractivity contribution in [1.82, 2.24) is 0 Å². The van der Waals surface area contributed by atoms with Gasteiger partial charge in [-0.25, -0.2) is 0 Å². The predicted molar refractivity (Wildman–Crippen MR) is 172 cm³/mol. The van der Waals surface area contributed by atoms with Crippen LogP contribution in [0.5, 0.6) is 0 Å². The van der Waals surface area contributed by atoms with Crippen LogP contribution < -0.4 is 0 Å². The molecule has 8 rings (SSSR count). The summed E-state index contributed by atoms with van der Waals surface area (Å²) in [5.74, 6) is 0. The lowest BCUT2D eigenvalue weighted by molar-refractivity contribution is 0.978. The van der Waals surface area contributed by atoms with Crippen LogP contribution in [0.1, 0.15) is 23.1 Å². The summed E-state index contributed by atoms with van der Waals surface area (Å²) < 4.78 is 0. The van der Waals surface area contributed by atoms with Gasteiger partial charge in [-0.05, 0) is 102 Å². The van der Waals surface area contributed by atoms with Crippen molar-refractivity contribution in [2.75, 3.05) is 0 Å². The van der Waals surface area contributed by atoms with E-state index >= 15 is 0 Å². The van der Waals surface area contributed by atoms with E-state index in [0.717, 1.165) is 12.8 Å². The molecule has 0 bridgehead atoms. The first-order valence-electron chi connectivity index (χ1n) is 14.2. The summed E-state index contributed by atoms with van der Waals surface area (Å²) in [5, 5.41) is 7.70. The van der Waals surface area contributed by atoms with E-state index in [1.165, 1.54) is 76.8 Å². The summed E-state index contributed by atoms with van der Waals surface area (Å²) >= 11 is 0. The second kappa shape index (κ2) is 9.36. The van der Waals surface area contributed by atoms with Gasteiger partial charge in [-0.3, -0.25) is 0 Å². The van der Waals surface area contributed by atoms with Gasteiger partial charge in [-0.2, -0.15) is 0 Å². The lowest BCUT2D eigenvalue weighted by Crippen LogP contribution is -2.00. The van der Waals surface area contributed by atoms with Crippen molar-refractivity contribution in [2.45, 2.75) is 12.8 Å². The fourth-order valence-corrected chi connectivity index (χ4v) is 6.69. The molecule has 7 aromatic rings. The lowest BCUT2D eigenvalue weighted by atomic mass is 9.83. The second-order valence-electron chi connectivity index (χ2n) is 10.8. The van der Waals surface area contributed by atoms with Crippen molar-refractivity contribution in [3.8, 4) is 22.3 Å². The smallest absolute Gasteiger partial charge is 0.00262 e. The van der Waals surface area contributed by atoms with Gasteiger partial charge in [0.05, 0.1) is 0 Å². The fraction of sp³-hybridized carbons (Fsp3) is 0.0500. The first-order valence-corrected chi connectivity index (χ1v) is 14.2. The van der Waals surface area contributed by atoms with Crippen LogP contribution in [0.2, 0.25) is 0 Å². The zero-order valence-corrected chi connectivity index (χ0v) is 22.3. The highest BCUT2D eigenvalue weighted by molar-refractivity contribution is 6.21. The third-order valence-electron chi connectivity index (χ3n) is 8.50. The molecule has 0 saturated heterocycles. The normalized spacial score (nSPS) is 12.9. The Hall–Kier alpha value is -4.94. The SMILES string of the molecule is C1=C(c2cccc(-c3c4ccccc4c(-c4ccc5ccccc5c4)c4ccccc34)c2)c2ccccc2CC1. The van der Waals surface area contributed by atoms with Gasteiger partial charge in [0, 0.05) is 0 Å². The molecule has 1 aliphatic rings. The highest BCUT2D eigenvalue weighted by atomic mass is 14.2. The Morgan fingerprint density at radius 1 is 0.400 bits per heavy atom. The summed E-state index contributed by atoms with van der Waals surface area (Å²) in [7, 11) is 0. The van der Waals surface area contributed by atoms with Gasteiger partial charge >= 0.3 is 0 Å². The molecule has 0 atom stereocenters. The fourth-order valence-electron chi connectivity index (χ4n) is 6.69. The average molecular weight is 509 g/mol. The van der Waals surface area contributed by atoms with E-state index in [2.05, 4.69) is 146 Å². The molecule has 0 fully saturated rings. The van der Waals surface area contributed by atoms with Gasteiger partial charge in [-0.1, -0.05) is 133 Å². The Kier molecular flexibility index (Phi) is 5.38. The van der Waals surface area contributed by atoms with Crippen LogP contribution in [0, 0.1) is 0 Å². The number of rotatable bonds is 3. The molecule has 0 unspecified atom stereocenters. The Morgan fingerprint density at radius 2 is 0.975 bits per heavy atom. The zero-order valence-electron chi connectivity index (χ0n) is 22.3. The van der Waals surface area contributed by atoms with Gasteiger partial charge in [0.25, 0.3) is 0 Å². The maximum Gasteiger partial charge on any atom is -0.00262 e. The molecule has 188 valence electrons. The minimum atomic E-state index is 1.09. The number of benzene rings is 7. The van der Waals surface area contributed by atoms with Crippen LogP contribution in [0.3, 0.4) is 0 Å². The minimum absolute atomic E-state index is 1.09. The van der Waals surface area contributed by atoms with E-state index in [-0.39, 0.29) is 0 Å². The molecule has 7 aromatic carbocycles. The summed E-state index contributed by atoms with van der Waals surface area (Å²) in [6.07, 6.45) is 4.62. The molecule has 0 radical (unpaired) electrons. The third kappa shape index (κ3) is 3.68. The molecule has 1 aliphatic carbocycles. The van der Waals surface area contributed by atoms with Gasteiger partial charge in [0.1, 0.15) is 0 Å². The Labute approximate surface area is 234 Å². The standard InChI is InChI=1S/C40H28/c1-2-13-29-25-32(24-23-27(29)11-1)40-37-20-7-5-18-35(37)39(36-19-6-8-21-38(36)40)31-16-9-15-30(26-31)34-22-10-14-28-12-3-4-17-33(28)34/h1-9,11-13,15-26H,10,14H2. The van der Waals surface area contributed by atoms with Crippen molar-refractivity contribution in [3.05, 3.63) is 162 Å². The third-order valence-corrected chi connectivity index (χ3v) is 8.50. The average Bonchev–Trinajstić information content (AvgIpc) is 3.03. The number of hydrogen-bond donors (Lipinski definition) is 0. The largest absolute Gasteiger partial charge is 0.0757 e. The van der Waals surface area contributed by atoms with Gasteiger partial charge in [0.15, 0.2) is 0 Å². The van der Waals surface area contributed by atoms with Crippen LogP contribution >= 0.6 is 0 Å². The van der Waals surface area contributed by atoms with E-state index in [9.17, 15) is 0 Å². The van der Waals surface area contributed by atoms with Crippen LogP contribution in [-0.2, 0) is 6.42 Å². The molecule has 0 aromatic heterocycles. The first kappa shape index (κ1) is 23.0. The van der Waals surface area contributed by atoms with Gasteiger partial charge in [0.2, 0.25) is 0 Å². The number of hydrogen-bond acceptors (Lipinski definition) is 0. The van der Waals surface area contributed by atoms with Crippen molar-refractivity contribution in [3.63, 3.8) is 0 Å². The van der Waals surface area contributed by atoms with Crippen molar-refractivity contribution < 1.29 is 0 Å². The number of aryl methyl sites for hydroxylation is 1. The molecule has 0 aliphatic heterocycles. The van der Waals surface area contributed by atoms with Gasteiger partial charge in [-0.15, -0.1) is 0 Å². The van der Waals surface area contributed by atoms with E-state index in [1.807, 2.05) is 0 Å². The van der Waals surface area contributed by atoms with Crippen molar-refractivity contribution >= 4 is 37.9 Å².